The number of aromatic nitrogens is 3. The Hall–Kier alpha value is -3.50. The van der Waals surface area contributed by atoms with E-state index in [-0.39, 0.29) is 12.6 Å². The van der Waals surface area contributed by atoms with Gasteiger partial charge in [0.1, 0.15) is 11.9 Å². The van der Waals surface area contributed by atoms with Gasteiger partial charge in [-0.1, -0.05) is 18.2 Å². The summed E-state index contributed by atoms with van der Waals surface area (Å²) >= 11 is 0. The fourth-order valence-corrected chi connectivity index (χ4v) is 2.31. The molecule has 0 fully saturated rings. The molecule has 0 aliphatic heterocycles. The van der Waals surface area contributed by atoms with E-state index in [1.165, 1.54) is 0 Å². The lowest BCUT2D eigenvalue weighted by molar-refractivity contribution is 0.281. The number of hydrogen-bond donors (Lipinski definition) is 3. The second kappa shape index (κ2) is 8.05. The van der Waals surface area contributed by atoms with Gasteiger partial charge >= 0.3 is 0 Å². The van der Waals surface area contributed by atoms with Gasteiger partial charge in [0, 0.05) is 18.3 Å². The molecule has 26 heavy (non-hydrogen) atoms. The van der Waals surface area contributed by atoms with Crippen LogP contribution in [0.4, 0.5) is 17.5 Å². The Morgan fingerprint density at radius 3 is 2.65 bits per heavy atom. The highest BCUT2D eigenvalue weighted by Crippen LogP contribution is 2.24. The van der Waals surface area contributed by atoms with Crippen LogP contribution in [0.15, 0.2) is 54.7 Å². The van der Waals surface area contributed by atoms with Crippen molar-refractivity contribution in [3.63, 3.8) is 0 Å². The third kappa shape index (κ3) is 4.12. The second-order valence-corrected chi connectivity index (χ2v) is 5.69. The number of aliphatic hydroxyl groups is 1. The van der Waals surface area contributed by atoms with Crippen molar-refractivity contribution in [2.45, 2.75) is 13.0 Å². The number of nitrogens with one attached hydrogen (secondary N) is 2. The van der Waals surface area contributed by atoms with Crippen molar-refractivity contribution in [1.82, 2.24) is 15.0 Å². The Bertz CT molecular complexity index is 923. The number of hydrogen-bond acceptors (Lipinski definition) is 7. The number of anilines is 3. The molecule has 7 heteroatoms. The zero-order valence-corrected chi connectivity index (χ0v) is 14.2. The van der Waals surface area contributed by atoms with Gasteiger partial charge in [0.2, 0.25) is 5.95 Å². The van der Waals surface area contributed by atoms with E-state index < -0.39 is 0 Å². The molecule has 3 rings (SSSR count). The van der Waals surface area contributed by atoms with E-state index in [9.17, 15) is 10.4 Å². The molecule has 0 aliphatic rings. The Labute approximate surface area is 151 Å². The third-order valence-electron chi connectivity index (χ3n) is 3.61. The van der Waals surface area contributed by atoms with Gasteiger partial charge in [0.05, 0.1) is 29.2 Å². The summed E-state index contributed by atoms with van der Waals surface area (Å²) in [4.78, 5) is 13.2. The van der Waals surface area contributed by atoms with Gasteiger partial charge in [-0.25, -0.2) is 4.98 Å². The number of nitrogens with zero attached hydrogens (tertiary/aromatic N) is 4. The van der Waals surface area contributed by atoms with E-state index in [2.05, 4.69) is 31.7 Å². The van der Waals surface area contributed by atoms with Crippen molar-refractivity contribution in [1.29, 1.82) is 5.26 Å². The van der Waals surface area contributed by atoms with Crippen molar-refractivity contribution in [2.75, 3.05) is 17.2 Å². The van der Waals surface area contributed by atoms with Crippen LogP contribution in [-0.4, -0.2) is 32.7 Å². The summed E-state index contributed by atoms with van der Waals surface area (Å²) in [6.07, 6.45) is 1.69. The fourth-order valence-electron chi connectivity index (χ4n) is 2.31. The topological polar surface area (TPSA) is 107 Å². The maximum absolute atomic E-state index is 9.27. The number of aliphatic hydroxyl groups excluding tert-OH is 1. The summed E-state index contributed by atoms with van der Waals surface area (Å²) in [6, 6.07) is 16.5. The summed E-state index contributed by atoms with van der Waals surface area (Å²) in [5.41, 5.74) is 2.50. The van der Waals surface area contributed by atoms with E-state index in [0.717, 1.165) is 0 Å². The van der Waals surface area contributed by atoms with Crippen molar-refractivity contribution >= 4 is 17.5 Å². The average Bonchev–Trinajstić information content (AvgIpc) is 2.69. The molecule has 7 nitrogen and oxygen atoms in total. The van der Waals surface area contributed by atoms with Gasteiger partial charge in [-0.15, -0.1) is 0 Å². The first kappa shape index (κ1) is 17.3. The first-order valence-corrected chi connectivity index (χ1v) is 8.13. The highest BCUT2D eigenvalue weighted by atomic mass is 16.3. The molecule has 0 saturated heterocycles. The predicted octanol–water partition coefficient (Wildman–Crippen LogP) is 2.95. The molecule has 1 atom stereocenters. The first-order valence-electron chi connectivity index (χ1n) is 8.13. The minimum atomic E-state index is -0.201. The molecular formula is C19H18N6O. The molecule has 0 radical (unpaired) electrons. The Morgan fingerprint density at radius 2 is 1.92 bits per heavy atom. The van der Waals surface area contributed by atoms with Gasteiger partial charge in [-0.3, -0.25) is 4.98 Å². The summed E-state index contributed by atoms with van der Waals surface area (Å²) in [5.74, 6) is 0.891. The number of para-hydroxylation sites is 1. The zero-order valence-electron chi connectivity index (χ0n) is 14.2. The predicted molar refractivity (Wildman–Crippen MR) is 99.9 cm³/mol. The van der Waals surface area contributed by atoms with Crippen molar-refractivity contribution in [2.24, 2.45) is 0 Å². The Kier molecular flexibility index (Phi) is 5.37. The van der Waals surface area contributed by atoms with E-state index in [1.54, 1.807) is 24.4 Å². The quantitative estimate of drug-likeness (QED) is 0.630. The van der Waals surface area contributed by atoms with E-state index in [1.807, 2.05) is 37.3 Å². The highest BCUT2D eigenvalue weighted by molar-refractivity contribution is 5.68. The molecule has 0 unspecified atom stereocenters. The van der Waals surface area contributed by atoms with Crippen LogP contribution in [0, 0.1) is 11.3 Å². The highest BCUT2D eigenvalue weighted by Gasteiger charge is 2.11. The Balaban J connectivity index is 2.01. The van der Waals surface area contributed by atoms with Gasteiger partial charge < -0.3 is 15.7 Å². The normalized spacial score (nSPS) is 11.4. The van der Waals surface area contributed by atoms with E-state index >= 15 is 0 Å². The largest absolute Gasteiger partial charge is 0.394 e. The van der Waals surface area contributed by atoms with Crippen LogP contribution in [0.3, 0.4) is 0 Å². The van der Waals surface area contributed by atoms with Crippen LogP contribution in [0.5, 0.6) is 0 Å². The lowest BCUT2D eigenvalue weighted by atomic mass is 10.2. The molecule has 1 aromatic carbocycles. The molecule has 3 aromatic rings. The average molecular weight is 346 g/mol. The monoisotopic (exact) mass is 346 g/mol. The summed E-state index contributed by atoms with van der Waals surface area (Å²) in [5, 5.41) is 24.7. The molecule has 0 spiro atoms. The minimum absolute atomic E-state index is 0.0444. The van der Waals surface area contributed by atoms with Crippen LogP contribution < -0.4 is 10.6 Å². The number of rotatable bonds is 6. The van der Waals surface area contributed by atoms with Gasteiger partial charge in [-0.05, 0) is 31.2 Å². The molecule has 0 amide bonds. The van der Waals surface area contributed by atoms with Crippen molar-refractivity contribution < 1.29 is 5.11 Å². The molecule has 2 heterocycles. The van der Waals surface area contributed by atoms with Crippen molar-refractivity contribution in [3.8, 4) is 17.5 Å². The fraction of sp³-hybridized carbons (Fsp3) is 0.158. The van der Waals surface area contributed by atoms with Crippen LogP contribution in [-0.2, 0) is 0 Å². The lowest BCUT2D eigenvalue weighted by Crippen LogP contribution is -2.21. The van der Waals surface area contributed by atoms with Crippen LogP contribution in [0.1, 0.15) is 12.5 Å². The van der Waals surface area contributed by atoms with Crippen molar-refractivity contribution in [3.05, 3.63) is 60.3 Å². The summed E-state index contributed by atoms with van der Waals surface area (Å²) < 4.78 is 0. The maximum atomic E-state index is 9.27. The molecule has 0 bridgehead atoms. The maximum Gasteiger partial charge on any atom is 0.225 e. The molecule has 130 valence electrons. The van der Waals surface area contributed by atoms with E-state index in [4.69, 9.17) is 0 Å². The minimum Gasteiger partial charge on any atom is -0.394 e. The SMILES string of the molecule is C[C@@H](CO)Nc1nc(Nc2ccccc2C#N)cc(-c2ccccn2)n1. The number of nitriles is 1. The third-order valence-corrected chi connectivity index (χ3v) is 3.61. The molecular weight excluding hydrogens is 328 g/mol. The molecule has 3 N–H and O–H groups in total. The van der Waals surface area contributed by atoms with E-state index in [0.29, 0.717) is 34.4 Å². The van der Waals surface area contributed by atoms with Crippen LogP contribution >= 0.6 is 0 Å². The lowest BCUT2D eigenvalue weighted by Gasteiger charge is -2.14. The second-order valence-electron chi connectivity index (χ2n) is 5.69. The smallest absolute Gasteiger partial charge is 0.225 e. The first-order chi connectivity index (χ1) is 12.7. The molecule has 2 aromatic heterocycles. The molecule has 0 saturated carbocycles. The van der Waals surface area contributed by atoms with Gasteiger partial charge in [-0.2, -0.15) is 10.2 Å². The summed E-state index contributed by atoms with van der Waals surface area (Å²) in [6.45, 7) is 1.78. The van der Waals surface area contributed by atoms with Gasteiger partial charge in [0.25, 0.3) is 0 Å². The van der Waals surface area contributed by atoms with Crippen LogP contribution in [0.25, 0.3) is 11.4 Å². The number of benzene rings is 1. The molecule has 0 aliphatic carbocycles. The Morgan fingerprint density at radius 1 is 1.12 bits per heavy atom. The number of pyridine rings is 1. The van der Waals surface area contributed by atoms with Gasteiger partial charge in [0.15, 0.2) is 0 Å². The standard InChI is InChI=1S/C19H18N6O/c1-13(12-26)22-19-24-17(16-8-4-5-9-21-16)10-18(25-19)23-15-7-3-2-6-14(15)11-20/h2-10,13,26H,12H2,1H3,(H2,22,23,24,25)/t13-/m0/s1. The summed E-state index contributed by atoms with van der Waals surface area (Å²) in [7, 11) is 0. The zero-order chi connectivity index (χ0) is 18.4. The van der Waals surface area contributed by atoms with Crippen LogP contribution in [0.2, 0.25) is 0 Å².